The number of fused-ring (bicyclic) bond motifs is 1. The monoisotopic (exact) mass is 532 g/mol. The van der Waals surface area contributed by atoms with Crippen LogP contribution in [0.1, 0.15) is 17.5 Å². The van der Waals surface area contributed by atoms with Crippen molar-refractivity contribution in [1.82, 2.24) is 0 Å². The van der Waals surface area contributed by atoms with Crippen LogP contribution in [-0.4, -0.2) is 0 Å². The summed E-state index contributed by atoms with van der Waals surface area (Å²) >= 11 is 0. The quantitative estimate of drug-likeness (QED) is 0.151. The average Bonchev–Trinajstić information content (AvgIpc) is 2.91. The third-order valence-electron chi connectivity index (χ3n) is 6.70. The Labute approximate surface area is 221 Å². The molecule has 0 unspecified atom stereocenters. The number of hydrogen-bond acceptors (Lipinski definition) is 0. The second-order valence-electron chi connectivity index (χ2n) is 9.28. The summed E-state index contributed by atoms with van der Waals surface area (Å²) in [5, 5.41) is 1.91. The van der Waals surface area contributed by atoms with E-state index in [2.05, 4.69) is 12.6 Å². The van der Waals surface area contributed by atoms with Crippen molar-refractivity contribution in [3.8, 4) is 33.4 Å². The Balaban J connectivity index is 1.55. The first kappa shape index (κ1) is 26.3. The minimum absolute atomic E-state index is 0.0703. The lowest BCUT2D eigenvalue weighted by Gasteiger charge is -2.15. The fraction of sp³-hybridized carbons (Fsp3) is 0.0909. The van der Waals surface area contributed by atoms with Crippen molar-refractivity contribution in [3.05, 3.63) is 132 Å². The Hall–Kier alpha value is -4.32. The number of aryl methyl sites for hydroxylation is 1. The van der Waals surface area contributed by atoms with E-state index in [1.807, 2.05) is 30.3 Å². The summed E-state index contributed by atoms with van der Waals surface area (Å²) in [7, 11) is 0. The largest absolute Gasteiger partial charge is 0.416 e. The molecule has 5 rings (SSSR count). The molecular formula is C33H22F6. The van der Waals surface area contributed by atoms with E-state index in [9.17, 15) is 17.6 Å². The van der Waals surface area contributed by atoms with Crippen molar-refractivity contribution in [3.63, 3.8) is 0 Å². The van der Waals surface area contributed by atoms with Gasteiger partial charge in [-0.15, -0.1) is 6.58 Å². The highest BCUT2D eigenvalue weighted by Crippen LogP contribution is 2.40. The van der Waals surface area contributed by atoms with Gasteiger partial charge in [0.1, 0.15) is 17.5 Å². The molecule has 0 saturated heterocycles. The molecule has 0 aliphatic heterocycles. The Morgan fingerprint density at radius 3 is 1.92 bits per heavy atom. The van der Waals surface area contributed by atoms with Gasteiger partial charge in [0.2, 0.25) is 0 Å². The van der Waals surface area contributed by atoms with Gasteiger partial charge in [0, 0.05) is 5.56 Å². The predicted octanol–water partition coefficient (Wildman–Crippen LogP) is 10.4. The molecule has 5 aromatic rings. The molecular weight excluding hydrogens is 510 g/mol. The number of rotatable bonds is 6. The molecule has 196 valence electrons. The standard InChI is InChI=1S/C33H22F6/c1-2-3-5-20-8-9-23-17-24(11-10-22(23)16-20)25-18-29(35)32(30(36)19-25)27-6-4-7-28(34)31(27)21-12-14-26(15-13-21)33(37,38)39/h2,4,6-19H,1,3,5H2. The van der Waals surface area contributed by atoms with Crippen LogP contribution in [-0.2, 0) is 12.6 Å². The first-order valence-corrected chi connectivity index (χ1v) is 12.3. The number of allylic oxidation sites excluding steroid dienone is 1. The van der Waals surface area contributed by atoms with Crippen LogP contribution in [0.3, 0.4) is 0 Å². The van der Waals surface area contributed by atoms with Gasteiger partial charge in [0.15, 0.2) is 0 Å². The van der Waals surface area contributed by atoms with Crippen molar-refractivity contribution in [2.45, 2.75) is 19.0 Å². The lowest BCUT2D eigenvalue weighted by molar-refractivity contribution is -0.137. The molecule has 39 heavy (non-hydrogen) atoms. The van der Waals surface area contributed by atoms with Gasteiger partial charge < -0.3 is 0 Å². The number of alkyl halides is 3. The molecule has 0 radical (unpaired) electrons. The summed E-state index contributed by atoms with van der Waals surface area (Å²) in [6.07, 6.45) is -0.981. The highest BCUT2D eigenvalue weighted by molar-refractivity contribution is 5.89. The van der Waals surface area contributed by atoms with Gasteiger partial charge >= 0.3 is 6.18 Å². The molecule has 0 aliphatic rings. The number of benzene rings is 5. The van der Waals surface area contributed by atoms with Crippen LogP contribution in [0.4, 0.5) is 26.3 Å². The molecule has 5 aromatic carbocycles. The maximum atomic E-state index is 15.5. The van der Waals surface area contributed by atoms with Gasteiger partial charge in [-0.25, -0.2) is 13.2 Å². The summed E-state index contributed by atoms with van der Waals surface area (Å²) in [5.74, 6) is -2.63. The van der Waals surface area contributed by atoms with Gasteiger partial charge in [-0.1, -0.05) is 60.7 Å². The first-order chi connectivity index (χ1) is 18.7. The minimum atomic E-state index is -4.57. The van der Waals surface area contributed by atoms with E-state index in [1.165, 1.54) is 24.3 Å². The third-order valence-corrected chi connectivity index (χ3v) is 6.70. The second kappa shape index (κ2) is 10.4. The van der Waals surface area contributed by atoms with Crippen LogP contribution in [0, 0.1) is 17.5 Å². The summed E-state index contributed by atoms with van der Waals surface area (Å²) < 4.78 is 84.9. The summed E-state index contributed by atoms with van der Waals surface area (Å²) in [5.41, 5.74) is 0.495. The molecule has 0 atom stereocenters. The Bertz CT molecular complexity index is 1660. The fourth-order valence-electron chi connectivity index (χ4n) is 4.75. The minimum Gasteiger partial charge on any atom is -0.206 e. The van der Waals surface area contributed by atoms with Gasteiger partial charge in [-0.2, -0.15) is 13.2 Å². The lowest BCUT2D eigenvalue weighted by Crippen LogP contribution is -2.04. The topological polar surface area (TPSA) is 0 Å². The van der Waals surface area contributed by atoms with Crippen LogP contribution < -0.4 is 0 Å². The second-order valence-corrected chi connectivity index (χ2v) is 9.28. The highest BCUT2D eigenvalue weighted by Gasteiger charge is 2.30. The molecule has 0 fully saturated rings. The van der Waals surface area contributed by atoms with Crippen molar-refractivity contribution in [2.75, 3.05) is 0 Å². The molecule has 6 heteroatoms. The first-order valence-electron chi connectivity index (χ1n) is 12.3. The van der Waals surface area contributed by atoms with E-state index in [1.54, 1.807) is 6.07 Å². The average molecular weight is 533 g/mol. The van der Waals surface area contributed by atoms with Gasteiger partial charge in [-0.05, 0) is 87.8 Å². The molecule has 0 saturated carbocycles. The van der Waals surface area contributed by atoms with Crippen molar-refractivity contribution in [1.29, 1.82) is 0 Å². The molecule has 0 spiro atoms. The predicted molar refractivity (Wildman–Crippen MR) is 144 cm³/mol. The molecule has 0 aliphatic carbocycles. The van der Waals surface area contributed by atoms with E-state index in [4.69, 9.17) is 0 Å². The molecule has 0 aromatic heterocycles. The van der Waals surface area contributed by atoms with Crippen LogP contribution >= 0.6 is 0 Å². The summed E-state index contributed by atoms with van der Waals surface area (Å²) in [6.45, 7) is 3.74. The van der Waals surface area contributed by atoms with Gasteiger partial charge in [-0.3, -0.25) is 0 Å². The molecule has 0 amide bonds. The molecule has 0 nitrogen and oxygen atoms in total. The number of hydrogen-bond donors (Lipinski definition) is 0. The van der Waals surface area contributed by atoms with Crippen molar-refractivity contribution in [2.24, 2.45) is 0 Å². The number of halogens is 6. The third kappa shape index (κ3) is 5.32. The highest BCUT2D eigenvalue weighted by atomic mass is 19.4. The SMILES string of the molecule is C=CCCc1ccc2cc(-c3cc(F)c(-c4cccc(F)c4-c4ccc(C(F)(F)F)cc4)c(F)c3)ccc2c1. The van der Waals surface area contributed by atoms with Crippen LogP contribution in [0.2, 0.25) is 0 Å². The van der Waals surface area contributed by atoms with Gasteiger partial charge in [0.05, 0.1) is 11.1 Å². The zero-order valence-corrected chi connectivity index (χ0v) is 20.6. The summed E-state index contributed by atoms with van der Waals surface area (Å²) in [4.78, 5) is 0. The Morgan fingerprint density at radius 2 is 1.26 bits per heavy atom. The van der Waals surface area contributed by atoms with E-state index in [0.717, 1.165) is 59.5 Å². The van der Waals surface area contributed by atoms with Crippen LogP contribution in [0.15, 0.2) is 104 Å². The van der Waals surface area contributed by atoms with Crippen molar-refractivity contribution < 1.29 is 26.3 Å². The lowest BCUT2D eigenvalue weighted by atomic mass is 9.91. The van der Waals surface area contributed by atoms with Gasteiger partial charge in [0.25, 0.3) is 0 Å². The van der Waals surface area contributed by atoms with E-state index in [0.29, 0.717) is 11.1 Å². The smallest absolute Gasteiger partial charge is 0.206 e. The van der Waals surface area contributed by atoms with E-state index >= 15 is 8.78 Å². The van der Waals surface area contributed by atoms with E-state index in [-0.39, 0.29) is 16.7 Å². The normalized spacial score (nSPS) is 11.6. The maximum absolute atomic E-state index is 15.5. The molecule has 0 bridgehead atoms. The zero-order valence-electron chi connectivity index (χ0n) is 20.6. The summed E-state index contributed by atoms with van der Waals surface area (Å²) in [6, 6.07) is 21.5. The molecule has 0 heterocycles. The fourth-order valence-corrected chi connectivity index (χ4v) is 4.75. The van der Waals surface area contributed by atoms with E-state index < -0.39 is 34.8 Å². The Morgan fingerprint density at radius 1 is 0.615 bits per heavy atom. The maximum Gasteiger partial charge on any atom is 0.416 e. The van der Waals surface area contributed by atoms with Crippen LogP contribution in [0.5, 0.6) is 0 Å². The van der Waals surface area contributed by atoms with Crippen LogP contribution in [0.25, 0.3) is 44.2 Å². The zero-order chi connectivity index (χ0) is 27.7. The van der Waals surface area contributed by atoms with Crippen molar-refractivity contribution >= 4 is 10.8 Å². The molecule has 0 N–H and O–H groups in total. The Kier molecular flexibility index (Phi) is 7.04.